The van der Waals surface area contributed by atoms with Crippen LogP contribution in [0.1, 0.15) is 11.1 Å². The van der Waals surface area contributed by atoms with Crippen LogP contribution in [0.15, 0.2) is 53.5 Å². The molecule has 0 spiro atoms. The van der Waals surface area contributed by atoms with Gasteiger partial charge in [-0.1, -0.05) is 36.9 Å². The first-order chi connectivity index (χ1) is 9.72. The Hall–Kier alpha value is -2.61. The highest BCUT2D eigenvalue weighted by atomic mass is 14.8. The number of hydrogen-bond acceptors (Lipinski definition) is 2. The molecule has 4 rings (SSSR count). The number of rotatable bonds is 0. The van der Waals surface area contributed by atoms with Crippen molar-refractivity contribution >= 4 is 28.7 Å². The summed E-state index contributed by atoms with van der Waals surface area (Å²) in [7, 11) is 0. The van der Waals surface area contributed by atoms with Crippen LogP contribution < -0.4 is 16.3 Å². The first kappa shape index (κ1) is 11.2. The summed E-state index contributed by atoms with van der Waals surface area (Å²) < 4.78 is 0. The van der Waals surface area contributed by atoms with Gasteiger partial charge in [0.05, 0.1) is 11.0 Å². The highest BCUT2D eigenvalue weighted by Crippen LogP contribution is 2.36. The van der Waals surface area contributed by atoms with E-state index in [4.69, 9.17) is 10.7 Å². The number of benzene rings is 3. The van der Waals surface area contributed by atoms with Crippen molar-refractivity contribution in [2.75, 3.05) is 5.73 Å². The zero-order valence-corrected chi connectivity index (χ0v) is 11.1. The highest BCUT2D eigenvalue weighted by molar-refractivity contribution is 6.01. The molecule has 0 bridgehead atoms. The summed E-state index contributed by atoms with van der Waals surface area (Å²) in [4.78, 5) is 4.84. The molecule has 0 aliphatic carbocycles. The number of hydrogen-bond donors (Lipinski definition) is 1. The lowest BCUT2D eigenvalue weighted by Crippen LogP contribution is -2.18. The van der Waals surface area contributed by atoms with Gasteiger partial charge in [0.2, 0.25) is 0 Å². The van der Waals surface area contributed by atoms with Gasteiger partial charge in [-0.05, 0) is 34.5 Å². The Balaban J connectivity index is 2.14. The van der Waals surface area contributed by atoms with Crippen molar-refractivity contribution in [3.05, 3.63) is 70.2 Å². The normalized spacial score (nSPS) is 12.6. The second kappa shape index (κ2) is 3.94. The first-order valence-electron chi connectivity index (χ1n) is 6.69. The fraction of sp³-hybridized carbons (Fsp3) is 0.0556. The molecule has 1 aliphatic heterocycles. The van der Waals surface area contributed by atoms with Gasteiger partial charge in [0.1, 0.15) is 0 Å². The maximum absolute atomic E-state index is 6.18. The quantitative estimate of drug-likeness (QED) is 0.484. The van der Waals surface area contributed by atoms with E-state index >= 15 is 0 Å². The van der Waals surface area contributed by atoms with Crippen LogP contribution in [0, 0.1) is 0 Å². The maximum Gasteiger partial charge on any atom is 0.0752 e. The largest absolute Gasteiger partial charge is 0.398 e. The second-order valence-electron chi connectivity index (χ2n) is 5.27. The lowest BCUT2D eigenvalue weighted by molar-refractivity contribution is 1.08. The molecule has 3 aromatic rings. The van der Waals surface area contributed by atoms with Gasteiger partial charge in [-0.25, -0.2) is 4.99 Å². The van der Waals surface area contributed by atoms with Crippen LogP contribution in [0.2, 0.25) is 0 Å². The van der Waals surface area contributed by atoms with E-state index in [1.54, 1.807) is 0 Å². The molecule has 20 heavy (non-hydrogen) atoms. The third kappa shape index (κ3) is 1.55. The lowest BCUT2D eigenvalue weighted by Gasteiger charge is -2.16. The van der Waals surface area contributed by atoms with Crippen LogP contribution in [0.4, 0.5) is 11.4 Å². The number of nitrogens with zero attached hydrogens (tertiary/aromatic N) is 1. The predicted octanol–water partition coefficient (Wildman–Crippen LogP) is 2.69. The molecule has 3 aromatic carbocycles. The van der Waals surface area contributed by atoms with Gasteiger partial charge in [-0.3, -0.25) is 0 Å². The van der Waals surface area contributed by atoms with Crippen LogP contribution >= 0.6 is 0 Å². The Morgan fingerprint density at radius 1 is 0.950 bits per heavy atom. The Kier molecular flexibility index (Phi) is 2.21. The molecule has 0 aromatic heterocycles. The van der Waals surface area contributed by atoms with Crippen LogP contribution in [-0.4, -0.2) is 0 Å². The van der Waals surface area contributed by atoms with Gasteiger partial charge in [-0.2, -0.15) is 0 Å². The average molecular weight is 258 g/mol. The third-order valence-corrected chi connectivity index (χ3v) is 3.88. The predicted molar refractivity (Wildman–Crippen MR) is 83.6 cm³/mol. The van der Waals surface area contributed by atoms with Crippen molar-refractivity contribution in [2.24, 2.45) is 4.99 Å². The maximum atomic E-state index is 6.18. The topological polar surface area (TPSA) is 38.4 Å². The first-order valence-corrected chi connectivity index (χ1v) is 6.69. The zero-order valence-electron chi connectivity index (χ0n) is 11.1. The number of anilines is 1. The molecule has 96 valence electrons. The molecule has 0 saturated carbocycles. The minimum Gasteiger partial charge on any atom is -0.398 e. The van der Waals surface area contributed by atoms with E-state index in [-0.39, 0.29) is 0 Å². The summed E-state index contributed by atoms with van der Waals surface area (Å²) in [6, 6.07) is 16.4. The van der Waals surface area contributed by atoms with Crippen LogP contribution in [0.3, 0.4) is 0 Å². The van der Waals surface area contributed by atoms with Crippen molar-refractivity contribution in [1.82, 2.24) is 0 Å². The van der Waals surface area contributed by atoms with Crippen LogP contribution in [-0.2, 0) is 6.42 Å². The van der Waals surface area contributed by atoms with E-state index in [1.807, 2.05) is 24.3 Å². The Morgan fingerprint density at radius 2 is 1.75 bits per heavy atom. The van der Waals surface area contributed by atoms with E-state index in [9.17, 15) is 0 Å². The van der Waals surface area contributed by atoms with E-state index in [2.05, 4.69) is 30.8 Å². The average Bonchev–Trinajstić information content (AvgIpc) is 2.46. The summed E-state index contributed by atoms with van der Waals surface area (Å²) in [6.45, 7) is 3.99. The Labute approximate surface area is 116 Å². The minimum atomic E-state index is 0.823. The molecule has 0 radical (unpaired) electrons. The van der Waals surface area contributed by atoms with Crippen molar-refractivity contribution in [2.45, 2.75) is 6.42 Å². The molecule has 1 aliphatic rings. The molecule has 2 heteroatoms. The van der Waals surface area contributed by atoms with Crippen LogP contribution in [0.5, 0.6) is 0 Å². The van der Waals surface area contributed by atoms with E-state index in [0.717, 1.165) is 39.1 Å². The number of nitrogens with two attached hydrogens (primary N) is 1. The molecule has 1 heterocycles. The highest BCUT2D eigenvalue weighted by Gasteiger charge is 2.15. The van der Waals surface area contributed by atoms with Crippen molar-refractivity contribution < 1.29 is 0 Å². The van der Waals surface area contributed by atoms with Crippen molar-refractivity contribution in [3.8, 4) is 0 Å². The summed E-state index contributed by atoms with van der Waals surface area (Å²) in [6.07, 6.45) is 0.868. The smallest absolute Gasteiger partial charge is 0.0752 e. The fourth-order valence-corrected chi connectivity index (χ4v) is 2.93. The van der Waals surface area contributed by atoms with Crippen LogP contribution in [0.25, 0.3) is 17.4 Å². The second-order valence-corrected chi connectivity index (χ2v) is 5.27. The summed E-state index contributed by atoms with van der Waals surface area (Å²) >= 11 is 0. The SMILES string of the molecule is C=c1ccc2c(c1)Cc1cc(N)c3ccccc3c1N=2. The van der Waals surface area contributed by atoms with Crippen molar-refractivity contribution in [1.29, 1.82) is 0 Å². The Bertz CT molecular complexity index is 955. The van der Waals surface area contributed by atoms with Gasteiger partial charge in [-0.15, -0.1) is 0 Å². The molecule has 0 unspecified atom stereocenters. The van der Waals surface area contributed by atoms with Gasteiger partial charge in [0.25, 0.3) is 0 Å². The number of fused-ring (bicyclic) bond motifs is 4. The molecule has 0 saturated heterocycles. The van der Waals surface area contributed by atoms with Gasteiger partial charge < -0.3 is 5.73 Å². The third-order valence-electron chi connectivity index (χ3n) is 3.88. The molecule has 2 N–H and O–H groups in total. The van der Waals surface area contributed by atoms with E-state index in [0.29, 0.717) is 0 Å². The molecule has 0 atom stereocenters. The van der Waals surface area contributed by atoms with E-state index in [1.165, 1.54) is 11.1 Å². The molecule has 0 amide bonds. The molecule has 0 fully saturated rings. The lowest BCUT2D eigenvalue weighted by atomic mass is 9.94. The molecule has 2 nitrogen and oxygen atoms in total. The van der Waals surface area contributed by atoms with Gasteiger partial charge in [0, 0.05) is 22.9 Å². The monoisotopic (exact) mass is 258 g/mol. The van der Waals surface area contributed by atoms with Gasteiger partial charge in [0.15, 0.2) is 0 Å². The van der Waals surface area contributed by atoms with Gasteiger partial charge >= 0.3 is 0 Å². The summed E-state index contributed by atoms with van der Waals surface area (Å²) in [5.74, 6) is 0. The fourth-order valence-electron chi connectivity index (χ4n) is 2.93. The molecular formula is C18H14N2. The summed E-state index contributed by atoms with van der Waals surface area (Å²) in [5, 5.41) is 4.27. The standard InChI is InChI=1S/C18H14N2/c1-11-6-7-17-12(8-11)9-13-10-16(19)14-4-2-3-5-15(14)18(13)20-17/h2-8,10H,1,9,19H2. The molecular weight excluding hydrogens is 244 g/mol. The zero-order chi connectivity index (χ0) is 13.7. The Morgan fingerprint density at radius 3 is 2.60 bits per heavy atom. The summed E-state index contributed by atoms with van der Waals surface area (Å²) in [5.41, 5.74) is 10.5. The number of nitrogen functional groups attached to an aromatic ring is 1. The van der Waals surface area contributed by atoms with Crippen molar-refractivity contribution in [3.63, 3.8) is 0 Å². The minimum absolute atomic E-state index is 0.823. The van der Waals surface area contributed by atoms with E-state index < -0.39 is 0 Å².